The zero-order valence-electron chi connectivity index (χ0n) is 8.86. The maximum atomic E-state index is 11.4. The second-order valence-corrected chi connectivity index (χ2v) is 3.59. The van der Waals surface area contributed by atoms with E-state index in [0.29, 0.717) is 0 Å². The Hall–Kier alpha value is -1.50. The molecule has 1 aliphatic rings. The molecule has 0 aromatic rings. The average molecular weight is 209 g/mol. The van der Waals surface area contributed by atoms with Crippen LogP contribution in [-0.2, 0) is 14.3 Å². The van der Waals surface area contributed by atoms with Crippen LogP contribution >= 0.6 is 0 Å². The molecule has 1 saturated carbocycles. The van der Waals surface area contributed by atoms with Crippen LogP contribution in [0.15, 0.2) is 0 Å². The summed E-state index contributed by atoms with van der Waals surface area (Å²) in [6.45, 7) is -0.0375. The van der Waals surface area contributed by atoms with Crippen molar-refractivity contribution < 1.29 is 14.3 Å². The summed E-state index contributed by atoms with van der Waals surface area (Å²) in [5.41, 5.74) is 0. The van der Waals surface area contributed by atoms with Crippen molar-refractivity contribution in [2.75, 3.05) is 13.7 Å². The van der Waals surface area contributed by atoms with Gasteiger partial charge in [0.05, 0.1) is 7.11 Å². The monoisotopic (exact) mass is 209 g/mol. The van der Waals surface area contributed by atoms with E-state index in [9.17, 15) is 9.59 Å². The lowest BCUT2D eigenvalue weighted by Crippen LogP contribution is -2.41. The highest BCUT2D eigenvalue weighted by molar-refractivity contribution is 5.95. The van der Waals surface area contributed by atoms with Gasteiger partial charge in [0.2, 0.25) is 0 Å². The van der Waals surface area contributed by atoms with E-state index < -0.39 is 11.9 Å². The molecule has 1 amide bonds. The molecule has 0 spiro atoms. The van der Waals surface area contributed by atoms with Crippen LogP contribution in [0.5, 0.6) is 0 Å². The van der Waals surface area contributed by atoms with Crippen molar-refractivity contribution in [1.29, 1.82) is 0 Å². The van der Waals surface area contributed by atoms with Gasteiger partial charge in [0.1, 0.15) is 6.54 Å². The first-order valence-electron chi connectivity index (χ1n) is 5.03. The summed E-state index contributed by atoms with van der Waals surface area (Å²) in [5.74, 6) is 1.20. The third kappa shape index (κ3) is 2.98. The maximum Gasteiger partial charge on any atom is 0.325 e. The Morgan fingerprint density at radius 2 is 2.07 bits per heavy atom. The largest absolute Gasteiger partial charge is 0.468 e. The van der Waals surface area contributed by atoms with Gasteiger partial charge in [-0.3, -0.25) is 9.59 Å². The first-order chi connectivity index (χ1) is 7.19. The number of carbonyl (C=O) groups is 2. The minimum Gasteiger partial charge on any atom is -0.468 e. The van der Waals surface area contributed by atoms with Crippen molar-refractivity contribution in [2.45, 2.75) is 31.7 Å². The summed E-state index contributed by atoms with van der Waals surface area (Å²) in [4.78, 5) is 24.0. The van der Waals surface area contributed by atoms with Gasteiger partial charge in [-0.05, 0) is 18.8 Å². The van der Waals surface area contributed by atoms with Gasteiger partial charge in [-0.15, -0.1) is 6.42 Å². The Morgan fingerprint density at radius 1 is 1.47 bits per heavy atom. The smallest absolute Gasteiger partial charge is 0.325 e. The van der Waals surface area contributed by atoms with Crippen LogP contribution in [0.1, 0.15) is 25.7 Å². The van der Waals surface area contributed by atoms with Gasteiger partial charge in [-0.25, -0.2) is 0 Å². The standard InChI is InChI=1S/C11H15NO3/c1-3-10(13)12(8-11(14)15-2)9-6-4-5-7-9/h1,9H,4-8H2,2H3. The SMILES string of the molecule is C#CC(=O)N(CC(=O)OC)C1CCCC1. The van der Waals surface area contributed by atoms with E-state index in [0.717, 1.165) is 25.7 Å². The maximum absolute atomic E-state index is 11.4. The van der Waals surface area contributed by atoms with Gasteiger partial charge in [0, 0.05) is 6.04 Å². The minimum absolute atomic E-state index is 0.0375. The van der Waals surface area contributed by atoms with Crippen LogP contribution in [-0.4, -0.2) is 36.5 Å². The van der Waals surface area contributed by atoms with Gasteiger partial charge < -0.3 is 9.64 Å². The highest BCUT2D eigenvalue weighted by atomic mass is 16.5. The summed E-state index contributed by atoms with van der Waals surface area (Å²) in [6, 6.07) is 0.104. The molecule has 1 rings (SSSR count). The number of methoxy groups -OCH3 is 1. The fourth-order valence-electron chi connectivity index (χ4n) is 1.87. The molecule has 0 saturated heterocycles. The quantitative estimate of drug-likeness (QED) is 0.504. The number of rotatable bonds is 3. The first kappa shape index (κ1) is 11.6. The lowest BCUT2D eigenvalue weighted by Gasteiger charge is -2.25. The second-order valence-electron chi connectivity index (χ2n) is 3.59. The van der Waals surface area contributed by atoms with Crippen LogP contribution < -0.4 is 0 Å². The molecule has 0 aromatic heterocycles. The normalized spacial score (nSPS) is 15.7. The lowest BCUT2D eigenvalue weighted by molar-refractivity contribution is -0.146. The molecular formula is C11H15NO3. The van der Waals surface area contributed by atoms with Crippen molar-refractivity contribution in [2.24, 2.45) is 0 Å². The number of hydrogen-bond donors (Lipinski definition) is 0. The van der Waals surface area contributed by atoms with Crippen molar-refractivity contribution >= 4 is 11.9 Å². The van der Waals surface area contributed by atoms with Crippen LogP contribution in [0.25, 0.3) is 0 Å². The van der Waals surface area contributed by atoms with Crippen LogP contribution in [0.3, 0.4) is 0 Å². The Morgan fingerprint density at radius 3 is 2.53 bits per heavy atom. The first-order valence-corrected chi connectivity index (χ1v) is 5.03. The Labute approximate surface area is 89.6 Å². The molecule has 0 atom stereocenters. The Kier molecular flexibility index (Phi) is 4.17. The highest BCUT2D eigenvalue weighted by Gasteiger charge is 2.27. The number of nitrogens with zero attached hydrogens (tertiary/aromatic N) is 1. The minimum atomic E-state index is -0.425. The third-order valence-corrected chi connectivity index (χ3v) is 2.68. The molecule has 0 unspecified atom stereocenters. The number of ether oxygens (including phenoxy) is 1. The molecule has 4 heteroatoms. The summed E-state index contributed by atoms with van der Waals surface area (Å²) in [7, 11) is 1.30. The number of esters is 1. The molecule has 0 aliphatic heterocycles. The highest BCUT2D eigenvalue weighted by Crippen LogP contribution is 2.23. The molecular weight excluding hydrogens is 194 g/mol. The molecule has 15 heavy (non-hydrogen) atoms. The molecule has 1 fully saturated rings. The zero-order chi connectivity index (χ0) is 11.3. The van der Waals surface area contributed by atoms with E-state index in [1.165, 1.54) is 12.0 Å². The van der Waals surface area contributed by atoms with Crippen molar-refractivity contribution in [3.8, 4) is 12.3 Å². The van der Waals surface area contributed by atoms with E-state index in [-0.39, 0.29) is 12.6 Å². The Balaban J connectivity index is 2.64. The van der Waals surface area contributed by atoms with Crippen LogP contribution in [0.4, 0.5) is 0 Å². The number of amides is 1. The lowest BCUT2D eigenvalue weighted by atomic mass is 10.2. The van der Waals surface area contributed by atoms with Gasteiger partial charge in [-0.1, -0.05) is 12.8 Å². The molecule has 0 N–H and O–H groups in total. The molecule has 0 radical (unpaired) electrons. The summed E-state index contributed by atoms with van der Waals surface area (Å²) in [6.07, 6.45) is 9.07. The molecule has 0 heterocycles. The number of carbonyl (C=O) groups excluding carboxylic acids is 2. The Bertz CT molecular complexity index is 287. The van der Waals surface area contributed by atoms with Gasteiger partial charge in [-0.2, -0.15) is 0 Å². The summed E-state index contributed by atoms with van der Waals surface area (Å²) >= 11 is 0. The predicted molar refractivity (Wildman–Crippen MR) is 54.8 cm³/mol. The van der Waals surface area contributed by atoms with Crippen molar-refractivity contribution in [1.82, 2.24) is 4.90 Å². The van der Waals surface area contributed by atoms with Crippen LogP contribution in [0.2, 0.25) is 0 Å². The van der Waals surface area contributed by atoms with E-state index in [1.54, 1.807) is 0 Å². The van der Waals surface area contributed by atoms with Crippen molar-refractivity contribution in [3.05, 3.63) is 0 Å². The van der Waals surface area contributed by atoms with E-state index in [1.807, 2.05) is 0 Å². The van der Waals surface area contributed by atoms with Gasteiger partial charge in [0.15, 0.2) is 0 Å². The van der Waals surface area contributed by atoms with Crippen LogP contribution in [0, 0.1) is 12.3 Å². The average Bonchev–Trinajstić information content (AvgIpc) is 2.77. The predicted octanol–water partition coefficient (Wildman–Crippen LogP) is 0.564. The molecule has 4 nitrogen and oxygen atoms in total. The topological polar surface area (TPSA) is 46.6 Å². The molecule has 0 aromatic carbocycles. The van der Waals surface area contributed by atoms with E-state index in [2.05, 4.69) is 10.7 Å². The van der Waals surface area contributed by atoms with E-state index in [4.69, 9.17) is 6.42 Å². The number of hydrogen-bond acceptors (Lipinski definition) is 3. The summed E-state index contributed by atoms with van der Waals surface area (Å²) in [5, 5.41) is 0. The molecule has 0 bridgehead atoms. The zero-order valence-corrected chi connectivity index (χ0v) is 8.86. The molecule has 82 valence electrons. The van der Waals surface area contributed by atoms with Gasteiger partial charge >= 0.3 is 5.97 Å². The fourth-order valence-corrected chi connectivity index (χ4v) is 1.87. The third-order valence-electron chi connectivity index (χ3n) is 2.68. The van der Waals surface area contributed by atoms with Gasteiger partial charge in [0.25, 0.3) is 5.91 Å². The molecule has 1 aliphatic carbocycles. The van der Waals surface area contributed by atoms with E-state index >= 15 is 0 Å². The van der Waals surface area contributed by atoms with Crippen molar-refractivity contribution in [3.63, 3.8) is 0 Å². The summed E-state index contributed by atoms with van der Waals surface area (Å²) < 4.78 is 4.53. The second kappa shape index (κ2) is 5.40. The number of terminal acetylenes is 1. The fraction of sp³-hybridized carbons (Fsp3) is 0.636.